The first-order valence-corrected chi connectivity index (χ1v) is 32.3. The van der Waals surface area contributed by atoms with E-state index in [9.17, 15) is 0 Å². The number of rotatable bonds is 8. The van der Waals surface area contributed by atoms with E-state index in [0.29, 0.717) is 0 Å². The van der Waals surface area contributed by atoms with Crippen molar-refractivity contribution < 1.29 is 73.3 Å². The average molecular weight is 1310 g/mol. The van der Waals surface area contributed by atoms with Gasteiger partial charge in [0, 0.05) is 0 Å². The Kier molecular flexibility index (Phi) is 25.5. The zero-order valence-electron chi connectivity index (χ0n) is 51.0. The Balaban J connectivity index is 0.000000148. The summed E-state index contributed by atoms with van der Waals surface area (Å²) in [5.41, 5.74) is 16.6. The van der Waals surface area contributed by atoms with E-state index in [1.807, 2.05) is 0 Å². The van der Waals surface area contributed by atoms with E-state index in [2.05, 4.69) is 322 Å². The first-order chi connectivity index (χ1) is 41.0. The van der Waals surface area contributed by atoms with Crippen molar-refractivity contribution in [2.24, 2.45) is 0 Å². The summed E-state index contributed by atoms with van der Waals surface area (Å²) < 4.78 is 2.83. The predicted octanol–water partition coefficient (Wildman–Crippen LogP) is 15.6. The summed E-state index contributed by atoms with van der Waals surface area (Å²) in [5.74, 6) is 0. The van der Waals surface area contributed by atoms with E-state index in [1.54, 1.807) is 0 Å². The third-order valence-corrected chi connectivity index (χ3v) is 19.1. The van der Waals surface area contributed by atoms with Crippen LogP contribution in [0.15, 0.2) is 267 Å². The Hall–Kier alpha value is -6.75. The molecular weight excluding hydrogens is 1240 g/mol. The van der Waals surface area contributed by atoms with Gasteiger partial charge in [-0.2, -0.15) is 24.3 Å². The zero-order valence-corrected chi connectivity index (χ0v) is 57.4. The van der Waals surface area contributed by atoms with E-state index in [-0.39, 0.29) is 24.8 Å². The monoisotopic (exact) mass is 1310 g/mol. The zero-order chi connectivity index (χ0) is 59.0. The van der Waals surface area contributed by atoms with Gasteiger partial charge >= 0.3 is 198 Å². The topological polar surface area (TPSA) is 0 Å². The fraction of sp³-hybridized carbons (Fsp3) is 0.146. The van der Waals surface area contributed by atoms with Crippen LogP contribution in [-0.4, -0.2) is 6.41 Å². The summed E-state index contributed by atoms with van der Waals surface area (Å²) in [6.07, 6.45) is 4.44. The molecule has 0 amide bonds. The molecule has 0 aliphatic heterocycles. The molecule has 0 heterocycles. The SMILES string of the molecule is CCc1ccc2c(c1)[cH-]c1cc(CC)ccc12.CCc1ccc2c(c1)[cH-]c1cc(CC)ccc12.Cc1ccc2cc[cH-]c2c1C.Cc1ccc2cc[cH-]c2c1C.[Cl-].[Cl-].[Zr+2]=[C](c1ccccc1)c1ccccc1.[Zr+2]=[C](c1ccccc1)c1ccccc1. The summed E-state index contributed by atoms with van der Waals surface area (Å²) in [6, 6.07) is 95.8. The minimum atomic E-state index is 0. The van der Waals surface area contributed by atoms with Crippen LogP contribution in [0.3, 0.4) is 0 Å². The molecule has 0 N–H and O–H groups in total. The molecule has 0 aromatic heterocycles. The summed E-state index contributed by atoms with van der Waals surface area (Å²) in [4.78, 5) is 0. The molecular formula is C82H76Cl2Zr2-2. The summed E-state index contributed by atoms with van der Waals surface area (Å²) >= 11 is 2.92. The van der Waals surface area contributed by atoms with Crippen molar-refractivity contribution in [2.75, 3.05) is 0 Å². The van der Waals surface area contributed by atoms with Crippen molar-refractivity contribution in [3.63, 3.8) is 0 Å². The van der Waals surface area contributed by atoms with Gasteiger partial charge in [-0.25, -0.2) is 0 Å². The molecule has 14 rings (SSSR count). The van der Waals surface area contributed by atoms with Gasteiger partial charge in [-0.3, -0.25) is 0 Å². The fourth-order valence-corrected chi connectivity index (χ4v) is 12.5. The molecule has 0 spiro atoms. The number of hydrogen-bond donors (Lipinski definition) is 0. The molecule has 86 heavy (non-hydrogen) atoms. The van der Waals surface area contributed by atoms with Gasteiger partial charge in [-0.1, -0.05) is 136 Å². The Labute approximate surface area is 553 Å². The number of aryl methyl sites for hydroxylation is 8. The van der Waals surface area contributed by atoms with Crippen LogP contribution >= 0.6 is 0 Å². The fourth-order valence-electron chi connectivity index (χ4n) is 10.8. The number of halogens is 2. The maximum atomic E-state index is 2.32. The van der Waals surface area contributed by atoms with E-state index in [0.717, 1.165) is 25.7 Å². The van der Waals surface area contributed by atoms with Crippen molar-refractivity contribution in [1.82, 2.24) is 0 Å². The van der Waals surface area contributed by atoms with Gasteiger partial charge in [-0.15, -0.1) is 136 Å². The quantitative estimate of drug-likeness (QED) is 0.133. The van der Waals surface area contributed by atoms with Crippen molar-refractivity contribution in [1.29, 1.82) is 0 Å². The second kappa shape index (κ2) is 32.8. The number of benzene rings is 10. The molecule has 0 unspecified atom stereocenters. The van der Waals surface area contributed by atoms with Crippen LogP contribution in [0, 0.1) is 27.7 Å². The summed E-state index contributed by atoms with van der Waals surface area (Å²) in [6.45, 7) is 17.5. The average Bonchev–Trinajstić information content (AvgIpc) is 2.39. The standard InChI is InChI=1S/2C17H17.2C13H10.2C11H11.2ClH.2Zr/c2*1-3-12-5-7-16-14(9-12)11-15-10-13(4-2)6-8-17(15)16;2*1-3-7-12(8-4-1)11-13-9-5-2-6-10-13;2*1-8-6-7-10-4-3-5-11(10)9(8)2;;;;/h2*5-11H,3-4H2,1-2H3;2*1-10H;2*3-7H,1-2H3;2*1H;;/q2*-1;;;2*-1;;;2*+2/p-2. The predicted molar refractivity (Wildman–Crippen MR) is 362 cm³/mol. The van der Waals surface area contributed by atoms with Crippen LogP contribution in [0.2, 0.25) is 0 Å². The van der Waals surface area contributed by atoms with Gasteiger partial charge in [0.2, 0.25) is 0 Å². The third-order valence-electron chi connectivity index (χ3n) is 16.3. The van der Waals surface area contributed by atoms with Gasteiger partial charge < -0.3 is 24.8 Å². The van der Waals surface area contributed by atoms with Gasteiger partial charge in [-0.05, 0) is 39.5 Å². The first kappa shape index (κ1) is 66.8. The molecule has 0 aliphatic carbocycles. The van der Waals surface area contributed by atoms with Crippen LogP contribution in [0.1, 0.15) is 94.5 Å². The normalized spacial score (nSPS) is 10.5. The second-order valence-electron chi connectivity index (χ2n) is 21.7. The molecule has 14 aromatic rings. The first-order valence-electron chi connectivity index (χ1n) is 29.8. The Bertz CT molecular complexity index is 3930. The summed E-state index contributed by atoms with van der Waals surface area (Å²) in [7, 11) is 0. The van der Waals surface area contributed by atoms with E-state index in [4.69, 9.17) is 0 Å². The maximum absolute atomic E-state index is 2.32. The number of hydrogen-bond acceptors (Lipinski definition) is 0. The van der Waals surface area contributed by atoms with E-state index in [1.165, 1.54) is 186 Å². The van der Waals surface area contributed by atoms with Crippen LogP contribution in [0.5, 0.6) is 0 Å². The third kappa shape index (κ3) is 16.9. The van der Waals surface area contributed by atoms with Gasteiger partial charge in [0.25, 0.3) is 0 Å². The minimum absolute atomic E-state index is 0. The molecule has 4 heteroatoms. The van der Waals surface area contributed by atoms with Crippen LogP contribution in [0.4, 0.5) is 0 Å². The Morgan fingerprint density at radius 1 is 0.314 bits per heavy atom. The van der Waals surface area contributed by atoms with E-state index >= 15 is 0 Å². The molecule has 0 saturated carbocycles. The molecule has 0 bridgehead atoms. The van der Waals surface area contributed by atoms with Gasteiger partial charge in [0.1, 0.15) is 0 Å². The van der Waals surface area contributed by atoms with Gasteiger partial charge in [0.15, 0.2) is 0 Å². The summed E-state index contributed by atoms with van der Waals surface area (Å²) in [5, 5.41) is 16.6. The Morgan fingerprint density at radius 3 is 0.814 bits per heavy atom. The molecule has 0 fully saturated rings. The number of fused-ring (bicyclic) bond motifs is 8. The molecule has 14 aromatic carbocycles. The Morgan fingerprint density at radius 2 is 0.570 bits per heavy atom. The van der Waals surface area contributed by atoms with E-state index < -0.39 is 0 Å². The van der Waals surface area contributed by atoms with Crippen molar-refractivity contribution in [2.45, 2.75) is 81.1 Å². The van der Waals surface area contributed by atoms with Crippen molar-refractivity contribution >= 4 is 71.0 Å². The molecule has 0 atom stereocenters. The molecule has 0 radical (unpaired) electrons. The molecule has 0 aliphatic rings. The van der Waals surface area contributed by atoms with Crippen LogP contribution in [-0.2, 0) is 74.2 Å². The van der Waals surface area contributed by atoms with Crippen molar-refractivity contribution in [3.05, 3.63) is 334 Å². The van der Waals surface area contributed by atoms with Gasteiger partial charge in [0.05, 0.1) is 0 Å². The van der Waals surface area contributed by atoms with Crippen LogP contribution < -0.4 is 24.8 Å². The molecule has 428 valence electrons. The second-order valence-corrected chi connectivity index (χ2v) is 24.1. The molecule has 0 saturated heterocycles. The van der Waals surface area contributed by atoms with Crippen LogP contribution in [0.25, 0.3) is 64.6 Å². The molecule has 0 nitrogen and oxygen atoms in total. The van der Waals surface area contributed by atoms with Crippen molar-refractivity contribution in [3.8, 4) is 0 Å².